The van der Waals surface area contributed by atoms with E-state index in [9.17, 15) is 9.59 Å². The molecule has 0 saturated heterocycles. The molecule has 0 fully saturated rings. The molecular weight excluding hydrogens is 342 g/mol. The third-order valence-corrected chi connectivity index (χ3v) is 4.87. The molecule has 0 radical (unpaired) electrons. The van der Waals surface area contributed by atoms with Crippen LogP contribution in [-0.2, 0) is 9.59 Å². The number of pyridine rings is 1. The van der Waals surface area contributed by atoms with Gasteiger partial charge in [-0.1, -0.05) is 40.2 Å². The maximum atomic E-state index is 12.9. The normalized spacial score (nSPS) is 17.0. The van der Waals surface area contributed by atoms with E-state index in [1.807, 2.05) is 13.8 Å². The van der Waals surface area contributed by atoms with E-state index in [1.165, 1.54) is 0 Å². The molecule has 7 nitrogen and oxygen atoms in total. The molecular formula is C20H35N5O2. The molecule has 1 rings (SSSR count). The Morgan fingerprint density at radius 1 is 1.11 bits per heavy atom. The van der Waals surface area contributed by atoms with Crippen molar-refractivity contribution in [1.82, 2.24) is 10.3 Å². The molecule has 0 aromatic carbocycles. The van der Waals surface area contributed by atoms with Crippen molar-refractivity contribution in [3.05, 3.63) is 30.1 Å². The third-order valence-electron chi connectivity index (χ3n) is 4.87. The van der Waals surface area contributed by atoms with Crippen LogP contribution in [0.3, 0.4) is 0 Å². The number of Topliss-reactive ketones (excluding diaryl/α,β-unsaturated/α-hetero) is 1. The zero-order valence-corrected chi connectivity index (χ0v) is 16.9. The highest BCUT2D eigenvalue weighted by Crippen LogP contribution is 2.18. The Bertz CT molecular complexity index is 593. The average molecular weight is 378 g/mol. The molecule has 0 aliphatic rings. The van der Waals surface area contributed by atoms with Gasteiger partial charge in [0.2, 0.25) is 5.91 Å². The lowest BCUT2D eigenvalue weighted by atomic mass is 9.91. The van der Waals surface area contributed by atoms with Gasteiger partial charge in [-0.2, -0.15) is 0 Å². The summed E-state index contributed by atoms with van der Waals surface area (Å²) >= 11 is 0. The minimum Gasteiger partial charge on any atom is -0.341 e. The van der Waals surface area contributed by atoms with Gasteiger partial charge in [-0.15, -0.1) is 0 Å². The van der Waals surface area contributed by atoms with Crippen LogP contribution in [0.2, 0.25) is 0 Å². The van der Waals surface area contributed by atoms with Gasteiger partial charge in [0.25, 0.3) is 0 Å². The lowest BCUT2D eigenvalue weighted by molar-refractivity contribution is -0.129. The van der Waals surface area contributed by atoms with Crippen molar-refractivity contribution < 1.29 is 9.59 Å². The standard InChI is InChI=1S/C20H35N5O2/c1-5-13(4)18(23)20(27)19(16-8-6-7-9-24-16)25-17(26)11-15(22)14(21)10-12(2)3/h6-9,12-15,18-19H,5,10-11,21-23H2,1-4H3,(H,25,26)/t13-,14-,15-,18-,19?/m0/s1. The summed E-state index contributed by atoms with van der Waals surface area (Å²) in [5.74, 6) is -0.189. The fourth-order valence-electron chi connectivity index (χ4n) is 2.87. The second kappa shape index (κ2) is 11.1. The van der Waals surface area contributed by atoms with Crippen molar-refractivity contribution in [3.8, 4) is 0 Å². The number of rotatable bonds is 11. The fraction of sp³-hybridized carbons (Fsp3) is 0.650. The van der Waals surface area contributed by atoms with Gasteiger partial charge in [0.15, 0.2) is 5.78 Å². The first kappa shape index (κ1) is 23.2. The third kappa shape index (κ3) is 7.36. The van der Waals surface area contributed by atoms with Gasteiger partial charge < -0.3 is 22.5 Å². The van der Waals surface area contributed by atoms with Crippen LogP contribution >= 0.6 is 0 Å². The number of carbonyl (C=O) groups is 2. The number of amides is 1. The summed E-state index contributed by atoms with van der Waals surface area (Å²) in [4.78, 5) is 29.7. The zero-order valence-electron chi connectivity index (χ0n) is 16.9. The smallest absolute Gasteiger partial charge is 0.222 e. The van der Waals surface area contributed by atoms with E-state index in [-0.39, 0.29) is 30.1 Å². The summed E-state index contributed by atoms with van der Waals surface area (Å²) < 4.78 is 0. The van der Waals surface area contributed by atoms with Crippen molar-refractivity contribution in [2.75, 3.05) is 0 Å². The first-order valence-corrected chi connectivity index (χ1v) is 9.68. The van der Waals surface area contributed by atoms with E-state index in [2.05, 4.69) is 24.1 Å². The van der Waals surface area contributed by atoms with E-state index in [1.54, 1.807) is 24.4 Å². The van der Waals surface area contributed by atoms with E-state index in [0.717, 1.165) is 12.8 Å². The van der Waals surface area contributed by atoms with E-state index >= 15 is 0 Å². The quantitative estimate of drug-likeness (QED) is 0.458. The lowest BCUT2D eigenvalue weighted by Crippen LogP contribution is -2.49. The predicted molar refractivity (Wildman–Crippen MR) is 108 cm³/mol. The Kier molecular flexibility index (Phi) is 9.55. The highest BCUT2D eigenvalue weighted by molar-refractivity contribution is 5.93. The highest BCUT2D eigenvalue weighted by atomic mass is 16.2. The van der Waals surface area contributed by atoms with Crippen LogP contribution in [0.15, 0.2) is 24.4 Å². The van der Waals surface area contributed by atoms with Gasteiger partial charge in [0, 0.05) is 24.7 Å². The van der Waals surface area contributed by atoms with Crippen LogP contribution in [-0.4, -0.2) is 34.8 Å². The summed E-state index contributed by atoms with van der Waals surface area (Å²) in [5, 5.41) is 2.77. The second-order valence-corrected chi connectivity index (χ2v) is 7.73. The van der Waals surface area contributed by atoms with E-state index in [4.69, 9.17) is 17.2 Å². The maximum Gasteiger partial charge on any atom is 0.222 e. The van der Waals surface area contributed by atoms with Crippen molar-refractivity contribution in [2.45, 2.75) is 71.1 Å². The number of aromatic nitrogens is 1. The lowest BCUT2D eigenvalue weighted by Gasteiger charge is -2.25. The molecule has 1 heterocycles. The molecule has 1 aromatic heterocycles. The number of carbonyl (C=O) groups excluding carboxylic acids is 2. The molecule has 1 aromatic rings. The Balaban J connectivity index is 2.88. The van der Waals surface area contributed by atoms with Gasteiger partial charge in [0.05, 0.1) is 11.7 Å². The van der Waals surface area contributed by atoms with Crippen LogP contribution in [0.1, 0.15) is 58.7 Å². The average Bonchev–Trinajstić information content (AvgIpc) is 2.64. The Morgan fingerprint density at radius 3 is 2.30 bits per heavy atom. The summed E-state index contributed by atoms with van der Waals surface area (Å²) in [7, 11) is 0. The van der Waals surface area contributed by atoms with Gasteiger partial charge in [-0.25, -0.2) is 0 Å². The summed E-state index contributed by atoms with van der Waals surface area (Å²) in [6.07, 6.45) is 3.13. The van der Waals surface area contributed by atoms with Crippen LogP contribution < -0.4 is 22.5 Å². The number of nitrogens with two attached hydrogens (primary N) is 3. The number of nitrogens with zero attached hydrogens (tertiary/aromatic N) is 1. The number of nitrogens with one attached hydrogen (secondary N) is 1. The van der Waals surface area contributed by atoms with Crippen molar-refractivity contribution in [1.29, 1.82) is 0 Å². The Labute approximate surface area is 162 Å². The van der Waals surface area contributed by atoms with Gasteiger partial charge in [-0.3, -0.25) is 14.6 Å². The molecule has 0 spiro atoms. The summed E-state index contributed by atoms with van der Waals surface area (Å²) in [5.41, 5.74) is 18.7. The van der Waals surface area contributed by atoms with Crippen LogP contribution in [0.4, 0.5) is 0 Å². The molecule has 7 heteroatoms. The van der Waals surface area contributed by atoms with Gasteiger partial charge >= 0.3 is 0 Å². The van der Waals surface area contributed by atoms with Crippen LogP contribution in [0.25, 0.3) is 0 Å². The first-order chi connectivity index (χ1) is 12.7. The molecule has 7 N–H and O–H groups in total. The number of hydrogen-bond donors (Lipinski definition) is 4. The molecule has 0 saturated carbocycles. The van der Waals surface area contributed by atoms with Crippen LogP contribution in [0.5, 0.6) is 0 Å². The Hall–Kier alpha value is -1.83. The highest BCUT2D eigenvalue weighted by Gasteiger charge is 2.31. The molecule has 152 valence electrons. The van der Waals surface area contributed by atoms with Gasteiger partial charge in [-0.05, 0) is 30.4 Å². The Morgan fingerprint density at radius 2 is 1.78 bits per heavy atom. The molecule has 5 atom stereocenters. The predicted octanol–water partition coefficient (Wildman–Crippen LogP) is 1.27. The number of hydrogen-bond acceptors (Lipinski definition) is 6. The van der Waals surface area contributed by atoms with Gasteiger partial charge in [0.1, 0.15) is 6.04 Å². The molecule has 1 amide bonds. The minimum absolute atomic E-state index is 0.00216. The summed E-state index contributed by atoms with van der Waals surface area (Å²) in [6.45, 7) is 8.00. The van der Waals surface area contributed by atoms with E-state index in [0.29, 0.717) is 11.6 Å². The monoisotopic (exact) mass is 377 g/mol. The molecule has 0 aliphatic heterocycles. The molecule has 0 bridgehead atoms. The van der Waals surface area contributed by atoms with Crippen molar-refractivity contribution >= 4 is 11.7 Å². The SMILES string of the molecule is CC[C@H](C)[C@H](N)C(=O)C(NC(=O)C[C@H](N)[C@@H](N)CC(C)C)c1ccccn1. The summed E-state index contributed by atoms with van der Waals surface area (Å²) in [6, 6.07) is 2.90. The van der Waals surface area contributed by atoms with Crippen molar-refractivity contribution in [3.63, 3.8) is 0 Å². The zero-order chi connectivity index (χ0) is 20.6. The second-order valence-electron chi connectivity index (χ2n) is 7.73. The molecule has 0 aliphatic carbocycles. The number of ketones is 1. The largest absolute Gasteiger partial charge is 0.341 e. The minimum atomic E-state index is -0.892. The molecule has 27 heavy (non-hydrogen) atoms. The van der Waals surface area contributed by atoms with E-state index < -0.39 is 18.1 Å². The first-order valence-electron chi connectivity index (χ1n) is 9.68. The molecule has 1 unspecified atom stereocenters. The fourth-order valence-corrected chi connectivity index (χ4v) is 2.87. The van der Waals surface area contributed by atoms with Crippen molar-refractivity contribution in [2.24, 2.45) is 29.0 Å². The van der Waals surface area contributed by atoms with Crippen LogP contribution in [0, 0.1) is 11.8 Å². The maximum absolute atomic E-state index is 12.9. The topological polar surface area (TPSA) is 137 Å².